The third-order valence-electron chi connectivity index (χ3n) is 2.37. The van der Waals surface area contributed by atoms with Gasteiger partial charge < -0.3 is 21.7 Å². The first-order chi connectivity index (χ1) is 6.40. The first-order valence-electron chi connectivity index (χ1n) is 4.76. The van der Waals surface area contributed by atoms with E-state index in [1.54, 1.807) is 0 Å². The van der Waals surface area contributed by atoms with Crippen LogP contribution in [-0.4, -0.2) is 34.9 Å². The van der Waals surface area contributed by atoms with Gasteiger partial charge in [0.2, 0.25) is 0 Å². The van der Waals surface area contributed by atoms with Crippen LogP contribution in [0.4, 0.5) is 0 Å². The van der Waals surface area contributed by atoms with E-state index in [9.17, 15) is 9.90 Å². The number of aliphatic hydroxyl groups is 1. The maximum Gasteiger partial charge on any atom is 0.307 e. The Labute approximate surface area is 84.1 Å². The number of carboxylic acid groups (broad SMARTS) is 1. The number of carbonyl (C=O) groups is 1. The Balaban J connectivity index is 4.14. The van der Waals surface area contributed by atoms with Crippen molar-refractivity contribution >= 4 is 5.97 Å². The van der Waals surface area contributed by atoms with Crippen LogP contribution in [0.25, 0.3) is 0 Å². The number of rotatable bonds is 6. The summed E-state index contributed by atoms with van der Waals surface area (Å²) in [5.74, 6) is -1.57. The Morgan fingerprint density at radius 1 is 1.43 bits per heavy atom. The Morgan fingerprint density at radius 3 is 2.21 bits per heavy atom. The summed E-state index contributed by atoms with van der Waals surface area (Å²) in [6.07, 6.45) is -0.690. The molecule has 6 N–H and O–H groups in total. The molecule has 0 bridgehead atoms. The van der Waals surface area contributed by atoms with Gasteiger partial charge >= 0.3 is 5.97 Å². The fourth-order valence-corrected chi connectivity index (χ4v) is 1.19. The summed E-state index contributed by atoms with van der Waals surface area (Å²) in [5, 5.41) is 18.3. The first-order valence-corrected chi connectivity index (χ1v) is 4.76. The second-order valence-electron chi connectivity index (χ2n) is 3.90. The van der Waals surface area contributed by atoms with Crippen molar-refractivity contribution in [3.05, 3.63) is 0 Å². The highest BCUT2D eigenvalue weighted by Gasteiger charge is 2.25. The van der Waals surface area contributed by atoms with Gasteiger partial charge in [0.15, 0.2) is 0 Å². The fourth-order valence-electron chi connectivity index (χ4n) is 1.19. The molecular weight excluding hydrogens is 184 g/mol. The number of hydrogen-bond acceptors (Lipinski definition) is 4. The van der Waals surface area contributed by atoms with Crippen LogP contribution < -0.4 is 11.5 Å². The molecule has 3 atom stereocenters. The predicted octanol–water partition coefficient (Wildman–Crippen LogP) is -0.620. The molecule has 84 valence electrons. The highest BCUT2D eigenvalue weighted by molar-refractivity contribution is 5.70. The highest BCUT2D eigenvalue weighted by Crippen LogP contribution is 2.12. The van der Waals surface area contributed by atoms with Crippen LogP contribution >= 0.6 is 0 Å². The molecule has 0 rings (SSSR count). The lowest BCUT2D eigenvalue weighted by Gasteiger charge is -2.24. The van der Waals surface area contributed by atoms with Crippen molar-refractivity contribution in [2.45, 2.75) is 32.4 Å². The second kappa shape index (κ2) is 5.95. The van der Waals surface area contributed by atoms with E-state index in [-0.39, 0.29) is 18.9 Å². The molecule has 0 amide bonds. The van der Waals surface area contributed by atoms with Crippen LogP contribution in [0.3, 0.4) is 0 Å². The minimum absolute atomic E-state index is 0.0250. The number of nitrogens with two attached hydrogens (primary N) is 2. The van der Waals surface area contributed by atoms with E-state index in [4.69, 9.17) is 16.6 Å². The molecule has 5 heteroatoms. The molecule has 0 aromatic carbocycles. The quantitative estimate of drug-likeness (QED) is 0.461. The summed E-state index contributed by atoms with van der Waals surface area (Å²) in [6.45, 7) is 3.79. The molecule has 0 saturated carbocycles. The Hall–Kier alpha value is -0.650. The van der Waals surface area contributed by atoms with Crippen molar-refractivity contribution in [1.82, 2.24) is 0 Å². The lowest BCUT2D eigenvalue weighted by atomic mass is 9.92. The van der Waals surface area contributed by atoms with Gasteiger partial charge in [-0.05, 0) is 12.3 Å². The SMILES string of the molecule is CC(C)[C@H](N)[C@@H](O)C[C@@H](CN)C(=O)O. The van der Waals surface area contributed by atoms with Gasteiger partial charge in [-0.3, -0.25) is 4.79 Å². The second-order valence-corrected chi connectivity index (χ2v) is 3.90. The van der Waals surface area contributed by atoms with Crippen LogP contribution in [0.2, 0.25) is 0 Å². The van der Waals surface area contributed by atoms with Gasteiger partial charge in [-0.1, -0.05) is 13.8 Å². The lowest BCUT2D eigenvalue weighted by Crippen LogP contribution is -2.42. The molecule has 0 saturated heterocycles. The third kappa shape index (κ3) is 4.04. The van der Waals surface area contributed by atoms with E-state index in [0.717, 1.165) is 0 Å². The van der Waals surface area contributed by atoms with Crippen molar-refractivity contribution in [2.75, 3.05) is 6.54 Å². The summed E-state index contributed by atoms with van der Waals surface area (Å²) >= 11 is 0. The zero-order valence-electron chi connectivity index (χ0n) is 8.68. The molecule has 0 heterocycles. The number of aliphatic carboxylic acids is 1. The van der Waals surface area contributed by atoms with Crippen LogP contribution in [0, 0.1) is 11.8 Å². The number of hydrogen-bond donors (Lipinski definition) is 4. The topological polar surface area (TPSA) is 110 Å². The fraction of sp³-hybridized carbons (Fsp3) is 0.889. The molecule has 0 aliphatic heterocycles. The van der Waals surface area contributed by atoms with E-state index in [1.165, 1.54) is 0 Å². The minimum atomic E-state index is -0.984. The van der Waals surface area contributed by atoms with Crippen molar-refractivity contribution in [3.8, 4) is 0 Å². The monoisotopic (exact) mass is 204 g/mol. The van der Waals surface area contributed by atoms with Crippen LogP contribution in [-0.2, 0) is 4.79 Å². The molecule has 14 heavy (non-hydrogen) atoms. The van der Waals surface area contributed by atoms with E-state index in [0.29, 0.717) is 0 Å². The molecular formula is C9H20N2O3. The van der Waals surface area contributed by atoms with Crippen molar-refractivity contribution in [3.63, 3.8) is 0 Å². The van der Waals surface area contributed by atoms with E-state index >= 15 is 0 Å². The molecule has 5 nitrogen and oxygen atoms in total. The average molecular weight is 204 g/mol. The highest BCUT2D eigenvalue weighted by atomic mass is 16.4. The average Bonchev–Trinajstić information content (AvgIpc) is 2.11. The van der Waals surface area contributed by atoms with Gasteiger partial charge in [0.05, 0.1) is 12.0 Å². The summed E-state index contributed by atoms with van der Waals surface area (Å²) in [7, 11) is 0. The molecule has 0 spiro atoms. The van der Waals surface area contributed by atoms with E-state index in [1.807, 2.05) is 13.8 Å². The van der Waals surface area contributed by atoms with Crippen molar-refractivity contribution in [2.24, 2.45) is 23.3 Å². The maximum absolute atomic E-state index is 10.6. The largest absolute Gasteiger partial charge is 0.481 e. The molecule has 0 aliphatic carbocycles. The molecule has 0 radical (unpaired) electrons. The van der Waals surface area contributed by atoms with Crippen LogP contribution in [0.15, 0.2) is 0 Å². The van der Waals surface area contributed by atoms with E-state index in [2.05, 4.69) is 0 Å². The predicted molar refractivity (Wildman–Crippen MR) is 53.6 cm³/mol. The van der Waals surface area contributed by atoms with Crippen molar-refractivity contribution < 1.29 is 15.0 Å². The summed E-state index contributed by atoms with van der Waals surface area (Å²) < 4.78 is 0. The van der Waals surface area contributed by atoms with Gasteiger partial charge in [-0.2, -0.15) is 0 Å². The zero-order chi connectivity index (χ0) is 11.3. The third-order valence-corrected chi connectivity index (χ3v) is 2.37. The van der Waals surface area contributed by atoms with Gasteiger partial charge in [-0.25, -0.2) is 0 Å². The standard InChI is InChI=1S/C9H20N2O3/c1-5(2)8(11)7(12)3-6(4-10)9(13)14/h5-8,12H,3-4,10-11H2,1-2H3,(H,13,14)/t6-,7-,8-/m0/s1. The Bertz CT molecular complexity index is 185. The molecule has 0 aromatic heterocycles. The molecule has 0 unspecified atom stereocenters. The minimum Gasteiger partial charge on any atom is -0.481 e. The van der Waals surface area contributed by atoms with E-state index < -0.39 is 24.0 Å². The normalized spacial score (nSPS) is 17.9. The van der Waals surface area contributed by atoms with Crippen LogP contribution in [0.1, 0.15) is 20.3 Å². The number of carboxylic acids is 1. The van der Waals surface area contributed by atoms with Gasteiger partial charge in [0, 0.05) is 12.6 Å². The smallest absolute Gasteiger partial charge is 0.307 e. The van der Waals surface area contributed by atoms with Crippen LogP contribution in [0.5, 0.6) is 0 Å². The zero-order valence-corrected chi connectivity index (χ0v) is 8.68. The Kier molecular flexibility index (Phi) is 5.68. The summed E-state index contributed by atoms with van der Waals surface area (Å²) in [5.41, 5.74) is 10.9. The first kappa shape index (κ1) is 13.4. The summed E-state index contributed by atoms with van der Waals surface area (Å²) in [4.78, 5) is 10.6. The maximum atomic E-state index is 10.6. The van der Waals surface area contributed by atoms with Crippen molar-refractivity contribution in [1.29, 1.82) is 0 Å². The van der Waals surface area contributed by atoms with Gasteiger partial charge in [0.25, 0.3) is 0 Å². The Morgan fingerprint density at radius 2 is 1.93 bits per heavy atom. The number of aliphatic hydroxyl groups excluding tert-OH is 1. The molecule has 0 aliphatic rings. The molecule has 0 fully saturated rings. The van der Waals surface area contributed by atoms with Gasteiger partial charge in [0.1, 0.15) is 0 Å². The molecule has 0 aromatic rings. The lowest BCUT2D eigenvalue weighted by molar-refractivity contribution is -0.142. The van der Waals surface area contributed by atoms with Gasteiger partial charge in [-0.15, -0.1) is 0 Å². The summed E-state index contributed by atoms with van der Waals surface area (Å²) in [6, 6.07) is -0.400.